The van der Waals surface area contributed by atoms with Gasteiger partial charge >= 0.3 is 5.97 Å². The van der Waals surface area contributed by atoms with Crippen LogP contribution in [0.5, 0.6) is 0 Å². The van der Waals surface area contributed by atoms with Gasteiger partial charge in [0.2, 0.25) is 0 Å². The summed E-state index contributed by atoms with van der Waals surface area (Å²) in [4.78, 5) is 14.8. The Morgan fingerprint density at radius 1 is 1.23 bits per heavy atom. The van der Waals surface area contributed by atoms with Crippen molar-refractivity contribution in [3.05, 3.63) is 48.0 Å². The second-order valence-corrected chi connectivity index (χ2v) is 8.10. The molecule has 1 aliphatic rings. The number of hydrogen-bond donors (Lipinski definition) is 0. The third-order valence-corrected chi connectivity index (χ3v) is 6.68. The van der Waals surface area contributed by atoms with Gasteiger partial charge in [0.25, 0.3) is 0 Å². The number of benzene rings is 1. The second-order valence-electron chi connectivity index (χ2n) is 8.10. The lowest BCUT2D eigenvalue weighted by Crippen LogP contribution is -2.67. The van der Waals surface area contributed by atoms with E-state index in [0.29, 0.717) is 0 Å². The molecule has 1 heterocycles. The van der Waals surface area contributed by atoms with Gasteiger partial charge in [-0.25, -0.2) is 4.79 Å². The van der Waals surface area contributed by atoms with Crippen molar-refractivity contribution < 1.29 is 9.53 Å². The van der Waals surface area contributed by atoms with Crippen LogP contribution < -0.4 is 0 Å². The molecule has 1 saturated heterocycles. The first kappa shape index (κ1) is 20.7. The lowest BCUT2D eigenvalue weighted by Gasteiger charge is -2.60. The van der Waals surface area contributed by atoms with E-state index in [1.54, 1.807) is 6.08 Å². The Hall–Kier alpha value is -1.61. The van der Waals surface area contributed by atoms with Crippen LogP contribution in [0.1, 0.15) is 66.4 Å². The van der Waals surface area contributed by atoms with E-state index in [9.17, 15) is 4.79 Å². The van der Waals surface area contributed by atoms with Gasteiger partial charge in [0.05, 0.1) is 0 Å². The molecule has 0 spiro atoms. The van der Waals surface area contributed by atoms with Gasteiger partial charge in [-0.2, -0.15) is 0 Å². The van der Waals surface area contributed by atoms with Gasteiger partial charge in [0.1, 0.15) is 6.10 Å². The van der Waals surface area contributed by atoms with E-state index in [2.05, 4.69) is 69.9 Å². The Balaban J connectivity index is 2.37. The molecule has 0 aromatic heterocycles. The summed E-state index contributed by atoms with van der Waals surface area (Å²) >= 11 is 0. The molecule has 144 valence electrons. The van der Waals surface area contributed by atoms with Crippen molar-refractivity contribution in [3.8, 4) is 0 Å². The first-order chi connectivity index (χ1) is 12.3. The summed E-state index contributed by atoms with van der Waals surface area (Å²) in [5, 5.41) is 0. The van der Waals surface area contributed by atoms with Crippen LogP contribution in [0.25, 0.3) is 0 Å². The SMILES string of the molecule is C/C=C/C(=O)OC1CC(C)(CC)N(Cc2ccccc2)C(C)(CC)C1C. The number of ether oxygens (including phenoxy) is 1. The number of esters is 1. The average Bonchev–Trinajstić information content (AvgIpc) is 2.64. The Morgan fingerprint density at radius 3 is 2.42 bits per heavy atom. The van der Waals surface area contributed by atoms with E-state index in [4.69, 9.17) is 4.74 Å². The van der Waals surface area contributed by atoms with Crippen molar-refractivity contribution in [2.45, 2.75) is 84.5 Å². The van der Waals surface area contributed by atoms with Gasteiger partial charge in [0.15, 0.2) is 0 Å². The summed E-state index contributed by atoms with van der Waals surface area (Å²) in [6, 6.07) is 10.7. The van der Waals surface area contributed by atoms with E-state index < -0.39 is 0 Å². The first-order valence-electron chi connectivity index (χ1n) is 9.95. The molecule has 4 unspecified atom stereocenters. The Morgan fingerprint density at radius 2 is 1.88 bits per heavy atom. The molecule has 1 fully saturated rings. The molecule has 0 saturated carbocycles. The van der Waals surface area contributed by atoms with Gasteiger partial charge < -0.3 is 4.74 Å². The van der Waals surface area contributed by atoms with Crippen molar-refractivity contribution in [2.24, 2.45) is 5.92 Å². The molecule has 1 aromatic rings. The summed E-state index contributed by atoms with van der Waals surface area (Å²) < 4.78 is 5.88. The van der Waals surface area contributed by atoms with Crippen LogP contribution in [0.4, 0.5) is 0 Å². The normalized spacial score (nSPS) is 32.7. The summed E-state index contributed by atoms with van der Waals surface area (Å²) in [6.07, 6.45) is 6.14. The predicted octanol–water partition coefficient (Wildman–Crippen LogP) is 5.35. The summed E-state index contributed by atoms with van der Waals surface area (Å²) in [5.74, 6) is 0.0443. The minimum absolute atomic E-state index is 0.00597. The van der Waals surface area contributed by atoms with E-state index >= 15 is 0 Å². The zero-order chi connectivity index (χ0) is 19.4. The van der Waals surface area contributed by atoms with Gasteiger partial charge in [-0.3, -0.25) is 4.90 Å². The maximum atomic E-state index is 12.1. The molecule has 3 heteroatoms. The highest BCUT2D eigenvalue weighted by atomic mass is 16.5. The molecule has 1 aromatic carbocycles. The van der Waals surface area contributed by atoms with Crippen molar-refractivity contribution in [3.63, 3.8) is 0 Å². The maximum absolute atomic E-state index is 12.1. The molecule has 26 heavy (non-hydrogen) atoms. The lowest BCUT2D eigenvalue weighted by atomic mass is 9.67. The Labute approximate surface area is 159 Å². The van der Waals surface area contributed by atoms with Crippen molar-refractivity contribution in [1.82, 2.24) is 4.90 Å². The van der Waals surface area contributed by atoms with Crippen LogP contribution in [-0.4, -0.2) is 28.1 Å². The van der Waals surface area contributed by atoms with E-state index in [1.165, 1.54) is 11.6 Å². The molecule has 2 rings (SSSR count). The minimum atomic E-state index is -0.224. The predicted molar refractivity (Wildman–Crippen MR) is 108 cm³/mol. The Bertz CT molecular complexity index is 626. The zero-order valence-corrected chi connectivity index (χ0v) is 17.3. The topological polar surface area (TPSA) is 29.5 Å². The van der Waals surface area contributed by atoms with E-state index in [1.807, 2.05) is 6.92 Å². The number of hydrogen-bond acceptors (Lipinski definition) is 3. The summed E-state index contributed by atoms with van der Waals surface area (Å²) in [6.45, 7) is 14.2. The first-order valence-corrected chi connectivity index (χ1v) is 9.95. The highest BCUT2D eigenvalue weighted by Crippen LogP contribution is 2.47. The molecule has 0 N–H and O–H groups in total. The number of nitrogens with zero attached hydrogens (tertiary/aromatic N) is 1. The fourth-order valence-electron chi connectivity index (χ4n) is 4.44. The van der Waals surface area contributed by atoms with E-state index in [-0.39, 0.29) is 29.1 Å². The number of piperidine rings is 1. The number of likely N-dealkylation sites (tertiary alicyclic amines) is 1. The molecular weight excluding hydrogens is 322 g/mol. The van der Waals surface area contributed by atoms with Gasteiger partial charge in [-0.15, -0.1) is 0 Å². The summed E-state index contributed by atoms with van der Waals surface area (Å²) in [5.41, 5.74) is 1.30. The van der Waals surface area contributed by atoms with E-state index in [0.717, 1.165) is 25.8 Å². The zero-order valence-electron chi connectivity index (χ0n) is 17.3. The number of allylic oxidation sites excluding steroid dienone is 1. The molecule has 0 bridgehead atoms. The van der Waals surface area contributed by atoms with Gasteiger partial charge in [-0.1, -0.05) is 57.2 Å². The molecule has 1 aliphatic heterocycles. The van der Waals surface area contributed by atoms with Crippen LogP contribution in [0, 0.1) is 5.92 Å². The van der Waals surface area contributed by atoms with Crippen LogP contribution >= 0.6 is 0 Å². The smallest absolute Gasteiger partial charge is 0.330 e. The lowest BCUT2D eigenvalue weighted by molar-refractivity contribution is -0.174. The third-order valence-electron chi connectivity index (χ3n) is 6.68. The minimum Gasteiger partial charge on any atom is -0.459 e. The summed E-state index contributed by atoms with van der Waals surface area (Å²) in [7, 11) is 0. The fraction of sp³-hybridized carbons (Fsp3) is 0.609. The quantitative estimate of drug-likeness (QED) is 0.507. The van der Waals surface area contributed by atoms with Gasteiger partial charge in [-0.05, 0) is 39.2 Å². The Kier molecular flexibility index (Phi) is 6.68. The van der Waals surface area contributed by atoms with Crippen LogP contribution in [-0.2, 0) is 16.1 Å². The molecule has 4 atom stereocenters. The fourth-order valence-corrected chi connectivity index (χ4v) is 4.44. The highest BCUT2D eigenvalue weighted by molar-refractivity contribution is 5.82. The maximum Gasteiger partial charge on any atom is 0.330 e. The number of carbonyl (C=O) groups is 1. The molecule has 0 radical (unpaired) electrons. The molecule has 3 nitrogen and oxygen atoms in total. The van der Waals surface area contributed by atoms with Crippen LogP contribution in [0.15, 0.2) is 42.5 Å². The van der Waals surface area contributed by atoms with Crippen molar-refractivity contribution in [2.75, 3.05) is 0 Å². The molecular formula is C23H35NO2. The largest absolute Gasteiger partial charge is 0.459 e. The van der Waals surface area contributed by atoms with Crippen LogP contribution in [0.2, 0.25) is 0 Å². The third kappa shape index (κ3) is 4.03. The van der Waals surface area contributed by atoms with Crippen LogP contribution in [0.3, 0.4) is 0 Å². The highest BCUT2D eigenvalue weighted by Gasteiger charge is 2.53. The monoisotopic (exact) mass is 357 g/mol. The van der Waals surface area contributed by atoms with Gasteiger partial charge in [0, 0.05) is 36.0 Å². The average molecular weight is 358 g/mol. The number of rotatable bonds is 6. The second kappa shape index (κ2) is 8.39. The molecule has 0 amide bonds. The standard InChI is InChI=1S/C23H35NO2/c1-7-13-21(25)26-20-16-22(5,8-2)24(23(6,9-3)18(20)4)17-19-14-11-10-12-15-19/h7,10-15,18,20H,8-9,16-17H2,1-6H3/b13-7+. The molecule has 0 aliphatic carbocycles. The van der Waals surface area contributed by atoms with Crippen molar-refractivity contribution in [1.29, 1.82) is 0 Å². The number of carbonyl (C=O) groups excluding carboxylic acids is 1. The van der Waals surface area contributed by atoms with Crippen molar-refractivity contribution >= 4 is 5.97 Å².